The normalized spacial score (nSPS) is 11.8. The van der Waals surface area contributed by atoms with E-state index < -0.39 is 6.03 Å². The van der Waals surface area contributed by atoms with Crippen molar-refractivity contribution >= 4 is 29.1 Å². The summed E-state index contributed by atoms with van der Waals surface area (Å²) in [7, 11) is 0. The Hall–Kier alpha value is -3.55. The lowest BCUT2D eigenvalue weighted by atomic mass is 9.86. The maximum atomic E-state index is 12.6. The number of anilines is 3. The summed E-state index contributed by atoms with van der Waals surface area (Å²) in [4.78, 5) is 24.8. The zero-order valence-electron chi connectivity index (χ0n) is 18.6. The molecule has 1 aromatic carbocycles. The molecule has 8 nitrogen and oxygen atoms in total. The number of furan rings is 1. The Morgan fingerprint density at radius 1 is 0.839 bits per heavy atom. The van der Waals surface area contributed by atoms with Crippen molar-refractivity contribution in [2.24, 2.45) is 0 Å². The molecular formula is C23H28N4O4. The minimum absolute atomic E-state index is 0.201. The molecule has 0 spiro atoms. The summed E-state index contributed by atoms with van der Waals surface area (Å²) in [5.74, 6) is 0.758. The Kier molecular flexibility index (Phi) is 5.92. The molecule has 3 amide bonds. The van der Waals surface area contributed by atoms with Gasteiger partial charge in [0.15, 0.2) is 5.82 Å². The fourth-order valence-corrected chi connectivity index (χ4v) is 2.86. The van der Waals surface area contributed by atoms with E-state index in [0.717, 1.165) is 5.56 Å². The second kappa shape index (κ2) is 8.29. The van der Waals surface area contributed by atoms with Gasteiger partial charge in [-0.15, -0.1) is 0 Å². The van der Waals surface area contributed by atoms with E-state index in [1.54, 1.807) is 36.6 Å². The molecule has 0 atom stereocenters. The highest BCUT2D eigenvalue weighted by Crippen LogP contribution is 2.28. The van der Waals surface area contributed by atoms with Gasteiger partial charge in [0, 0.05) is 28.4 Å². The van der Waals surface area contributed by atoms with Gasteiger partial charge in [0.2, 0.25) is 0 Å². The Morgan fingerprint density at radius 3 is 2.00 bits per heavy atom. The van der Waals surface area contributed by atoms with E-state index in [1.807, 2.05) is 41.5 Å². The highest BCUT2D eigenvalue weighted by atomic mass is 16.5. The lowest BCUT2D eigenvalue weighted by Gasteiger charge is -2.18. The van der Waals surface area contributed by atoms with Crippen molar-refractivity contribution in [1.29, 1.82) is 0 Å². The molecule has 0 saturated carbocycles. The van der Waals surface area contributed by atoms with Gasteiger partial charge in [0.05, 0.1) is 11.8 Å². The van der Waals surface area contributed by atoms with Gasteiger partial charge >= 0.3 is 6.03 Å². The van der Waals surface area contributed by atoms with Crippen LogP contribution in [0.25, 0.3) is 0 Å². The number of hydrogen-bond donors (Lipinski definition) is 3. The predicted molar refractivity (Wildman–Crippen MR) is 120 cm³/mol. The Morgan fingerprint density at radius 2 is 1.45 bits per heavy atom. The van der Waals surface area contributed by atoms with Crippen molar-refractivity contribution in [2.75, 3.05) is 16.0 Å². The first kappa shape index (κ1) is 22.1. The molecule has 3 aromatic rings. The molecule has 0 bridgehead atoms. The van der Waals surface area contributed by atoms with E-state index in [0.29, 0.717) is 28.5 Å². The third kappa shape index (κ3) is 5.53. The zero-order chi connectivity index (χ0) is 22.8. The molecule has 8 heteroatoms. The summed E-state index contributed by atoms with van der Waals surface area (Å²) in [6.45, 7) is 12.0. The van der Waals surface area contributed by atoms with Gasteiger partial charge in [0.1, 0.15) is 12.0 Å². The van der Waals surface area contributed by atoms with E-state index in [4.69, 9.17) is 8.94 Å². The number of amides is 3. The van der Waals surface area contributed by atoms with Crippen molar-refractivity contribution < 1.29 is 18.5 Å². The predicted octanol–water partition coefficient (Wildman–Crippen LogP) is 5.76. The third-order valence-corrected chi connectivity index (χ3v) is 4.61. The molecule has 3 N–H and O–H groups in total. The first-order chi connectivity index (χ1) is 14.4. The molecule has 0 fully saturated rings. The average Bonchev–Trinajstić information content (AvgIpc) is 3.32. The van der Waals surface area contributed by atoms with E-state index in [1.165, 1.54) is 6.26 Å². The van der Waals surface area contributed by atoms with Crippen LogP contribution in [0.1, 0.15) is 63.2 Å². The van der Waals surface area contributed by atoms with Crippen molar-refractivity contribution in [3.8, 4) is 0 Å². The van der Waals surface area contributed by atoms with E-state index in [2.05, 4.69) is 21.1 Å². The van der Waals surface area contributed by atoms with Crippen molar-refractivity contribution in [2.45, 2.75) is 52.4 Å². The van der Waals surface area contributed by atoms with Crippen LogP contribution in [0.2, 0.25) is 0 Å². The van der Waals surface area contributed by atoms with Crippen molar-refractivity contribution in [3.63, 3.8) is 0 Å². The van der Waals surface area contributed by atoms with E-state index in [9.17, 15) is 9.59 Å². The second-order valence-corrected chi connectivity index (χ2v) is 9.39. The van der Waals surface area contributed by atoms with Crippen molar-refractivity contribution in [3.05, 3.63) is 59.7 Å². The molecule has 0 saturated heterocycles. The fourth-order valence-electron chi connectivity index (χ4n) is 2.86. The van der Waals surface area contributed by atoms with E-state index in [-0.39, 0.29) is 16.7 Å². The highest BCUT2D eigenvalue weighted by Gasteiger charge is 2.24. The lowest BCUT2D eigenvalue weighted by molar-refractivity contribution is 0.102. The minimum Gasteiger partial charge on any atom is -0.471 e. The van der Waals surface area contributed by atoms with Crippen LogP contribution in [0.5, 0.6) is 0 Å². The SMILES string of the molecule is CC(C)(C)c1cc(NC(=O)Nc2ccc(NC(=O)c3cocc3C(C)(C)C)cc2)no1. The third-order valence-electron chi connectivity index (χ3n) is 4.61. The number of hydrogen-bond acceptors (Lipinski definition) is 5. The van der Waals surface area contributed by atoms with Crippen LogP contribution < -0.4 is 16.0 Å². The first-order valence-electron chi connectivity index (χ1n) is 9.97. The standard InChI is InChI=1S/C23H28N4O4/c1-22(2,3)17-13-30-12-16(17)20(28)24-14-7-9-15(10-8-14)25-21(29)26-19-11-18(31-27-19)23(4,5)6/h7-13H,1-6H3,(H,24,28)(H2,25,26,27,29). The zero-order valence-corrected chi connectivity index (χ0v) is 18.6. The van der Waals surface area contributed by atoms with Gasteiger partial charge < -0.3 is 19.6 Å². The molecule has 0 radical (unpaired) electrons. The first-order valence-corrected chi connectivity index (χ1v) is 9.97. The van der Waals surface area contributed by atoms with Crippen LogP contribution >= 0.6 is 0 Å². The monoisotopic (exact) mass is 424 g/mol. The summed E-state index contributed by atoms with van der Waals surface area (Å²) in [6.07, 6.45) is 3.05. The second-order valence-electron chi connectivity index (χ2n) is 9.39. The lowest BCUT2D eigenvalue weighted by Crippen LogP contribution is -2.20. The smallest absolute Gasteiger partial charge is 0.324 e. The molecule has 0 unspecified atom stereocenters. The van der Waals surface area contributed by atoms with Crippen LogP contribution in [0.15, 0.2) is 51.8 Å². The van der Waals surface area contributed by atoms with E-state index >= 15 is 0 Å². The quantitative estimate of drug-likeness (QED) is 0.493. The van der Waals surface area contributed by atoms with Crippen molar-refractivity contribution in [1.82, 2.24) is 5.16 Å². The van der Waals surface area contributed by atoms with Gasteiger partial charge in [-0.05, 0) is 29.7 Å². The Labute approximate surface area is 181 Å². The molecular weight excluding hydrogens is 396 g/mol. The molecule has 0 aliphatic heterocycles. The summed E-state index contributed by atoms with van der Waals surface area (Å²) in [5, 5.41) is 12.1. The largest absolute Gasteiger partial charge is 0.471 e. The number of nitrogens with zero attached hydrogens (tertiary/aromatic N) is 1. The van der Waals surface area contributed by atoms with Gasteiger partial charge in [-0.25, -0.2) is 4.79 Å². The maximum absolute atomic E-state index is 12.6. The fraction of sp³-hybridized carbons (Fsp3) is 0.348. The summed E-state index contributed by atoms with van der Waals surface area (Å²) in [5.41, 5.74) is 2.09. The van der Waals surface area contributed by atoms with Crippen LogP contribution in [0.3, 0.4) is 0 Å². The topological polar surface area (TPSA) is 109 Å². The number of carbonyl (C=O) groups excluding carboxylic acids is 2. The Bertz CT molecular complexity index is 1070. The van der Waals surface area contributed by atoms with Crippen LogP contribution in [-0.2, 0) is 10.8 Å². The number of carbonyl (C=O) groups is 2. The molecule has 0 aliphatic carbocycles. The summed E-state index contributed by atoms with van der Waals surface area (Å²) in [6, 6.07) is 8.05. The van der Waals surface area contributed by atoms with Gasteiger partial charge in [-0.3, -0.25) is 10.1 Å². The van der Waals surface area contributed by atoms with Crippen LogP contribution in [0.4, 0.5) is 22.0 Å². The van der Waals surface area contributed by atoms with Gasteiger partial charge in [0.25, 0.3) is 5.91 Å². The van der Waals surface area contributed by atoms with Gasteiger partial charge in [-0.2, -0.15) is 0 Å². The number of urea groups is 1. The summed E-state index contributed by atoms with van der Waals surface area (Å²) < 4.78 is 10.5. The van der Waals surface area contributed by atoms with Crippen LogP contribution in [-0.4, -0.2) is 17.1 Å². The maximum Gasteiger partial charge on any atom is 0.324 e. The highest BCUT2D eigenvalue weighted by molar-refractivity contribution is 6.05. The number of nitrogens with one attached hydrogen (secondary N) is 3. The molecule has 31 heavy (non-hydrogen) atoms. The molecule has 164 valence electrons. The molecule has 2 aromatic heterocycles. The number of aromatic nitrogens is 1. The number of rotatable bonds is 4. The van der Waals surface area contributed by atoms with Crippen LogP contribution in [0, 0.1) is 0 Å². The number of benzene rings is 1. The molecule has 3 rings (SSSR count). The minimum atomic E-state index is -0.446. The molecule has 2 heterocycles. The summed E-state index contributed by atoms with van der Waals surface area (Å²) >= 11 is 0. The van der Waals surface area contributed by atoms with Gasteiger partial charge in [-0.1, -0.05) is 46.7 Å². The molecule has 0 aliphatic rings. The Balaban J connectivity index is 1.59. The average molecular weight is 425 g/mol.